The van der Waals surface area contributed by atoms with Crippen molar-refractivity contribution in [2.45, 2.75) is 31.3 Å². The molecule has 3 aromatic rings. The topological polar surface area (TPSA) is 77.1 Å². The molecule has 1 aliphatic rings. The van der Waals surface area contributed by atoms with Crippen LogP contribution in [0.25, 0.3) is 21.9 Å². The number of esters is 1. The zero-order valence-corrected chi connectivity index (χ0v) is 20.7. The molecule has 1 heterocycles. The van der Waals surface area contributed by atoms with E-state index in [0.717, 1.165) is 58.3 Å². The summed E-state index contributed by atoms with van der Waals surface area (Å²) in [5, 5.41) is 4.99. The molecule has 7 nitrogen and oxygen atoms in total. The third-order valence-electron chi connectivity index (χ3n) is 6.69. The summed E-state index contributed by atoms with van der Waals surface area (Å²) >= 11 is 0. The number of hydrogen-bond donors (Lipinski definition) is 1. The van der Waals surface area contributed by atoms with E-state index in [-0.39, 0.29) is 11.9 Å². The minimum Gasteiger partial charge on any atom is -0.496 e. The molecule has 7 heteroatoms. The summed E-state index contributed by atoms with van der Waals surface area (Å²) in [5.41, 5.74) is 2.82. The first-order valence-electron chi connectivity index (χ1n) is 11.8. The van der Waals surface area contributed by atoms with E-state index >= 15 is 0 Å². The monoisotopic (exact) mass is 476 g/mol. The van der Waals surface area contributed by atoms with E-state index in [1.807, 2.05) is 60.5 Å². The van der Waals surface area contributed by atoms with Crippen molar-refractivity contribution in [3.8, 4) is 22.6 Å². The summed E-state index contributed by atoms with van der Waals surface area (Å²) < 4.78 is 16.1. The van der Waals surface area contributed by atoms with Gasteiger partial charge < -0.3 is 19.5 Å². The van der Waals surface area contributed by atoms with Crippen LogP contribution in [0.15, 0.2) is 54.6 Å². The lowest BCUT2D eigenvalue weighted by Gasteiger charge is -2.23. The van der Waals surface area contributed by atoms with Gasteiger partial charge in [0.1, 0.15) is 17.5 Å². The predicted molar refractivity (Wildman–Crippen MR) is 136 cm³/mol. The highest BCUT2D eigenvalue weighted by atomic mass is 16.5. The second-order valence-corrected chi connectivity index (χ2v) is 8.86. The molecule has 1 amide bonds. The molecule has 1 aliphatic heterocycles. The third kappa shape index (κ3) is 5.25. The highest BCUT2D eigenvalue weighted by molar-refractivity contribution is 5.91. The smallest absolute Gasteiger partial charge is 0.328 e. The van der Waals surface area contributed by atoms with Crippen molar-refractivity contribution in [2.75, 3.05) is 34.9 Å². The van der Waals surface area contributed by atoms with Crippen LogP contribution >= 0.6 is 0 Å². The van der Waals surface area contributed by atoms with Crippen LogP contribution in [0, 0.1) is 0 Å². The van der Waals surface area contributed by atoms with Crippen LogP contribution < -0.4 is 14.8 Å². The summed E-state index contributed by atoms with van der Waals surface area (Å²) in [7, 11) is 6.57. The zero-order valence-electron chi connectivity index (χ0n) is 20.7. The molecule has 0 radical (unpaired) electrons. The minimum atomic E-state index is -0.740. The van der Waals surface area contributed by atoms with Gasteiger partial charge in [-0.25, -0.2) is 4.79 Å². The molecule has 1 N–H and O–H groups in total. The second-order valence-electron chi connectivity index (χ2n) is 8.86. The van der Waals surface area contributed by atoms with Crippen molar-refractivity contribution in [1.29, 1.82) is 0 Å². The number of nitrogens with zero attached hydrogens (tertiary/aromatic N) is 1. The first kappa shape index (κ1) is 24.5. The lowest BCUT2D eigenvalue weighted by molar-refractivity contribution is -0.145. The van der Waals surface area contributed by atoms with Gasteiger partial charge in [-0.3, -0.25) is 9.69 Å². The van der Waals surface area contributed by atoms with Crippen LogP contribution in [-0.2, 0) is 20.7 Å². The first-order chi connectivity index (χ1) is 16.9. The molecule has 3 aromatic carbocycles. The number of nitrogens with one attached hydrogen (secondary N) is 1. The van der Waals surface area contributed by atoms with E-state index < -0.39 is 12.0 Å². The Kier molecular flexibility index (Phi) is 7.56. The summed E-state index contributed by atoms with van der Waals surface area (Å²) in [4.78, 5) is 27.3. The number of carbonyl (C=O) groups is 2. The molecule has 0 spiro atoms. The molecule has 2 atom stereocenters. The van der Waals surface area contributed by atoms with Gasteiger partial charge in [0.2, 0.25) is 5.91 Å². The minimum absolute atomic E-state index is 0.128. The molecule has 0 aliphatic carbocycles. The van der Waals surface area contributed by atoms with Gasteiger partial charge in [-0.05, 0) is 66.5 Å². The maximum Gasteiger partial charge on any atom is 0.328 e. The lowest BCUT2D eigenvalue weighted by atomic mass is 9.97. The third-order valence-corrected chi connectivity index (χ3v) is 6.69. The SMILES string of the molecule is COC(=O)C(Cc1ccc2cc(-c3c(OC)cccc3OC)ccc2c1)NC(=O)[C@@H]1CCCN1C. The fourth-order valence-electron chi connectivity index (χ4n) is 4.79. The van der Waals surface area contributed by atoms with Gasteiger partial charge in [0.05, 0.1) is 32.9 Å². The van der Waals surface area contributed by atoms with Crippen LogP contribution in [0.3, 0.4) is 0 Å². The van der Waals surface area contributed by atoms with Crippen molar-refractivity contribution in [1.82, 2.24) is 10.2 Å². The Morgan fingerprint density at radius 3 is 2.31 bits per heavy atom. The molecule has 1 unspecified atom stereocenters. The molecule has 184 valence electrons. The normalized spacial score (nSPS) is 16.6. The van der Waals surface area contributed by atoms with Crippen LogP contribution in [-0.4, -0.2) is 63.8 Å². The van der Waals surface area contributed by atoms with Gasteiger partial charge in [0, 0.05) is 6.42 Å². The standard InChI is InChI=1S/C28H32N2O5/c1-30-14-6-7-23(30)27(31)29-22(28(32)35-4)16-18-10-11-20-17-21(13-12-19(20)15-18)26-24(33-2)8-5-9-25(26)34-3/h5,8-13,15,17,22-23H,6-7,14,16H2,1-4H3,(H,29,31)/t22?,23-/m0/s1. The van der Waals surface area contributed by atoms with E-state index in [4.69, 9.17) is 14.2 Å². The highest BCUT2D eigenvalue weighted by Crippen LogP contribution is 2.39. The number of rotatable bonds is 8. The van der Waals surface area contributed by atoms with Crippen molar-refractivity contribution in [2.24, 2.45) is 0 Å². The zero-order chi connectivity index (χ0) is 24.9. The summed E-state index contributed by atoms with van der Waals surface area (Å²) in [6, 6.07) is 17.0. The Labute approximate surface area is 206 Å². The Morgan fingerprint density at radius 2 is 1.69 bits per heavy atom. The highest BCUT2D eigenvalue weighted by Gasteiger charge is 2.31. The molecular formula is C28H32N2O5. The Hall–Kier alpha value is -3.58. The van der Waals surface area contributed by atoms with Crippen molar-refractivity contribution >= 4 is 22.6 Å². The number of carbonyl (C=O) groups excluding carboxylic acids is 2. The maximum atomic E-state index is 12.8. The lowest BCUT2D eigenvalue weighted by Crippen LogP contribution is -2.49. The molecule has 1 saturated heterocycles. The van der Waals surface area contributed by atoms with Crippen molar-refractivity contribution in [3.05, 3.63) is 60.2 Å². The molecule has 4 rings (SSSR count). The summed E-state index contributed by atoms with van der Waals surface area (Å²) in [6.45, 7) is 0.883. The first-order valence-corrected chi connectivity index (χ1v) is 11.8. The maximum absolute atomic E-state index is 12.8. The van der Waals surface area contributed by atoms with Gasteiger partial charge in [-0.1, -0.05) is 36.4 Å². The molecular weight excluding hydrogens is 444 g/mol. The van der Waals surface area contributed by atoms with Crippen LogP contribution in [0.5, 0.6) is 11.5 Å². The Bertz CT molecular complexity index is 1200. The molecule has 1 fully saturated rings. The van der Waals surface area contributed by atoms with E-state index in [2.05, 4.69) is 11.4 Å². The summed E-state index contributed by atoms with van der Waals surface area (Å²) in [5.74, 6) is 0.907. The molecule has 0 saturated carbocycles. The average Bonchev–Trinajstić information content (AvgIpc) is 3.32. The molecule has 35 heavy (non-hydrogen) atoms. The average molecular weight is 477 g/mol. The van der Waals surface area contributed by atoms with Gasteiger partial charge in [0.25, 0.3) is 0 Å². The quantitative estimate of drug-likeness (QED) is 0.498. The Morgan fingerprint density at radius 1 is 1.00 bits per heavy atom. The largest absolute Gasteiger partial charge is 0.496 e. The number of likely N-dealkylation sites (N-methyl/N-ethyl adjacent to an activating group) is 1. The molecule has 0 aromatic heterocycles. The summed E-state index contributed by atoms with van der Waals surface area (Å²) in [6.07, 6.45) is 2.13. The Balaban J connectivity index is 1.58. The van der Waals surface area contributed by atoms with Gasteiger partial charge >= 0.3 is 5.97 Å². The number of benzene rings is 3. The second kappa shape index (κ2) is 10.8. The van der Waals surface area contributed by atoms with Crippen LogP contribution in [0.1, 0.15) is 18.4 Å². The number of methoxy groups -OCH3 is 3. The van der Waals surface area contributed by atoms with E-state index in [0.29, 0.717) is 6.42 Å². The van der Waals surface area contributed by atoms with E-state index in [1.165, 1.54) is 7.11 Å². The van der Waals surface area contributed by atoms with Crippen LogP contribution in [0.4, 0.5) is 0 Å². The van der Waals surface area contributed by atoms with Crippen LogP contribution in [0.2, 0.25) is 0 Å². The number of hydrogen-bond acceptors (Lipinski definition) is 6. The van der Waals surface area contributed by atoms with Gasteiger partial charge in [-0.2, -0.15) is 0 Å². The number of amides is 1. The number of ether oxygens (including phenoxy) is 3. The van der Waals surface area contributed by atoms with Crippen molar-refractivity contribution < 1.29 is 23.8 Å². The number of fused-ring (bicyclic) bond motifs is 1. The van der Waals surface area contributed by atoms with E-state index in [9.17, 15) is 9.59 Å². The van der Waals surface area contributed by atoms with Crippen molar-refractivity contribution in [3.63, 3.8) is 0 Å². The number of likely N-dealkylation sites (tertiary alicyclic amines) is 1. The molecule has 0 bridgehead atoms. The van der Waals surface area contributed by atoms with E-state index in [1.54, 1.807) is 14.2 Å². The predicted octanol–water partition coefficient (Wildman–Crippen LogP) is 3.82. The fraction of sp³-hybridized carbons (Fsp3) is 0.357. The fourth-order valence-corrected chi connectivity index (χ4v) is 4.79. The van der Waals surface area contributed by atoms with Gasteiger partial charge in [-0.15, -0.1) is 0 Å². The van der Waals surface area contributed by atoms with Gasteiger partial charge in [0.15, 0.2) is 0 Å².